The number of amides is 1. The molecule has 54 valence electrons. The van der Waals surface area contributed by atoms with E-state index in [0.717, 1.165) is 0 Å². The van der Waals surface area contributed by atoms with Crippen molar-refractivity contribution in [1.82, 2.24) is 5.32 Å². The fourth-order valence-electron chi connectivity index (χ4n) is 0.460. The minimum Gasteiger partial charge on any atom is -0.393 e. The maximum absolute atomic E-state index is 10.5. The van der Waals surface area contributed by atoms with E-state index in [9.17, 15) is 4.79 Å². The summed E-state index contributed by atoms with van der Waals surface area (Å²) in [5.74, 6) is -0.107. The van der Waals surface area contributed by atoms with Crippen molar-refractivity contribution >= 4 is 5.91 Å². The van der Waals surface area contributed by atoms with Gasteiger partial charge >= 0.3 is 0 Å². The molecule has 0 bridgehead atoms. The van der Waals surface area contributed by atoms with E-state index < -0.39 is 6.10 Å². The Morgan fingerprint density at radius 3 is 2.67 bits per heavy atom. The lowest BCUT2D eigenvalue weighted by Gasteiger charge is -2.04. The fraction of sp³-hybridized carbons (Fsp3) is 0.833. The summed E-state index contributed by atoms with van der Waals surface area (Å²) in [6.07, 6.45) is 0.366. The first-order valence-corrected chi connectivity index (χ1v) is 3.09. The highest BCUT2D eigenvalue weighted by atomic mass is 16.3. The topological polar surface area (TPSA) is 49.3 Å². The molecule has 0 saturated carbocycles. The fourth-order valence-corrected chi connectivity index (χ4v) is 0.460. The van der Waals surface area contributed by atoms with Crippen LogP contribution in [0.1, 0.15) is 19.8 Å². The second-order valence-electron chi connectivity index (χ2n) is 1.94. The predicted octanol–water partition coefficient (Wildman–Crippen LogP) is -0.107. The number of nitrogens with one attached hydrogen (secondary N) is 1. The largest absolute Gasteiger partial charge is 0.393 e. The molecule has 9 heavy (non-hydrogen) atoms. The molecular formula is C6H13NO2. The number of aliphatic hydroxyl groups is 1. The normalized spacial score (nSPS) is 12.8. The Bertz CT molecular complexity index is 93.1. The summed E-state index contributed by atoms with van der Waals surface area (Å²) in [6.45, 7) is 1.84. The van der Waals surface area contributed by atoms with Gasteiger partial charge in [0.15, 0.2) is 0 Å². The first-order valence-electron chi connectivity index (χ1n) is 3.09. The molecule has 0 spiro atoms. The molecule has 3 heteroatoms. The van der Waals surface area contributed by atoms with Crippen molar-refractivity contribution in [2.75, 3.05) is 7.05 Å². The van der Waals surface area contributed by atoms with Gasteiger partial charge in [-0.1, -0.05) is 6.92 Å². The minimum atomic E-state index is -0.482. The van der Waals surface area contributed by atoms with E-state index in [4.69, 9.17) is 5.11 Å². The second kappa shape index (κ2) is 4.32. The molecule has 0 aromatic rings. The number of carbonyl (C=O) groups excluding carboxylic acids is 1. The minimum absolute atomic E-state index is 0.107. The Labute approximate surface area is 55.1 Å². The highest BCUT2D eigenvalue weighted by molar-refractivity contribution is 5.75. The highest BCUT2D eigenvalue weighted by Gasteiger charge is 2.05. The van der Waals surface area contributed by atoms with Crippen LogP contribution >= 0.6 is 0 Å². The van der Waals surface area contributed by atoms with E-state index in [1.54, 1.807) is 7.05 Å². The molecule has 1 unspecified atom stereocenters. The van der Waals surface area contributed by atoms with Crippen LogP contribution in [0.3, 0.4) is 0 Å². The van der Waals surface area contributed by atoms with Gasteiger partial charge in [-0.25, -0.2) is 0 Å². The van der Waals surface area contributed by atoms with Crippen LogP contribution in [0, 0.1) is 0 Å². The van der Waals surface area contributed by atoms with Crippen molar-refractivity contribution < 1.29 is 9.90 Å². The van der Waals surface area contributed by atoms with Gasteiger partial charge in [0.25, 0.3) is 0 Å². The Morgan fingerprint density at radius 1 is 1.78 bits per heavy atom. The van der Waals surface area contributed by atoms with Gasteiger partial charge in [-0.05, 0) is 6.42 Å². The summed E-state index contributed by atoms with van der Waals surface area (Å²) in [5.41, 5.74) is 0. The van der Waals surface area contributed by atoms with Crippen molar-refractivity contribution in [3.8, 4) is 0 Å². The third kappa shape index (κ3) is 3.97. The van der Waals surface area contributed by atoms with Gasteiger partial charge in [-0.2, -0.15) is 0 Å². The molecule has 3 nitrogen and oxygen atoms in total. The average molecular weight is 131 g/mol. The third-order valence-corrected chi connectivity index (χ3v) is 1.17. The van der Waals surface area contributed by atoms with Gasteiger partial charge in [0, 0.05) is 7.05 Å². The maximum atomic E-state index is 10.5. The standard InChI is InChI=1S/C6H13NO2/c1-3-5(8)4-6(9)7-2/h5,8H,3-4H2,1-2H3,(H,7,9). The summed E-state index contributed by atoms with van der Waals surface area (Å²) < 4.78 is 0. The molecule has 0 saturated heterocycles. The molecular weight excluding hydrogens is 118 g/mol. The molecule has 0 aromatic heterocycles. The predicted molar refractivity (Wildman–Crippen MR) is 35.0 cm³/mol. The maximum Gasteiger partial charge on any atom is 0.222 e. The first kappa shape index (κ1) is 8.43. The van der Waals surface area contributed by atoms with Crippen LogP contribution in [0.15, 0.2) is 0 Å². The lowest BCUT2D eigenvalue weighted by Crippen LogP contribution is -2.23. The average Bonchev–Trinajstić information content (AvgIpc) is 1.87. The summed E-state index contributed by atoms with van der Waals surface area (Å²) in [7, 11) is 1.56. The van der Waals surface area contributed by atoms with Crippen LogP contribution < -0.4 is 5.32 Å². The van der Waals surface area contributed by atoms with Gasteiger partial charge in [-0.15, -0.1) is 0 Å². The van der Waals surface area contributed by atoms with E-state index in [1.165, 1.54) is 0 Å². The number of rotatable bonds is 3. The first-order chi connectivity index (χ1) is 4.20. The van der Waals surface area contributed by atoms with Gasteiger partial charge in [0.2, 0.25) is 5.91 Å². The molecule has 0 aromatic carbocycles. The highest BCUT2D eigenvalue weighted by Crippen LogP contribution is 1.94. The van der Waals surface area contributed by atoms with Crippen molar-refractivity contribution in [1.29, 1.82) is 0 Å². The number of carbonyl (C=O) groups is 1. The number of aliphatic hydroxyl groups excluding tert-OH is 1. The van der Waals surface area contributed by atoms with E-state index in [1.807, 2.05) is 6.92 Å². The number of hydrogen-bond acceptors (Lipinski definition) is 2. The summed E-state index contributed by atoms with van der Waals surface area (Å²) in [6, 6.07) is 0. The van der Waals surface area contributed by atoms with E-state index in [2.05, 4.69) is 5.32 Å². The summed E-state index contributed by atoms with van der Waals surface area (Å²) in [4.78, 5) is 10.5. The van der Waals surface area contributed by atoms with Crippen LogP contribution in [0.4, 0.5) is 0 Å². The van der Waals surface area contributed by atoms with Crippen LogP contribution in [-0.2, 0) is 4.79 Å². The molecule has 0 aliphatic carbocycles. The SMILES string of the molecule is CCC(O)CC(=O)NC. The molecule has 2 N–H and O–H groups in total. The van der Waals surface area contributed by atoms with E-state index >= 15 is 0 Å². The number of hydrogen-bond donors (Lipinski definition) is 2. The molecule has 1 amide bonds. The van der Waals surface area contributed by atoms with Gasteiger partial charge < -0.3 is 10.4 Å². The summed E-state index contributed by atoms with van der Waals surface area (Å²) >= 11 is 0. The van der Waals surface area contributed by atoms with Crippen molar-refractivity contribution in [3.63, 3.8) is 0 Å². The van der Waals surface area contributed by atoms with Gasteiger partial charge in [0.1, 0.15) is 0 Å². The van der Waals surface area contributed by atoms with E-state index in [-0.39, 0.29) is 12.3 Å². The Kier molecular flexibility index (Phi) is 4.05. The molecule has 0 radical (unpaired) electrons. The molecule has 1 atom stereocenters. The lowest BCUT2D eigenvalue weighted by molar-refractivity contribution is -0.122. The second-order valence-corrected chi connectivity index (χ2v) is 1.94. The Morgan fingerprint density at radius 2 is 2.33 bits per heavy atom. The molecule has 0 aliphatic rings. The third-order valence-electron chi connectivity index (χ3n) is 1.17. The molecule has 0 heterocycles. The van der Waals surface area contributed by atoms with Crippen molar-refractivity contribution in [2.45, 2.75) is 25.9 Å². The molecule has 0 fully saturated rings. The zero-order chi connectivity index (χ0) is 7.28. The van der Waals surface area contributed by atoms with Crippen LogP contribution in [-0.4, -0.2) is 24.2 Å². The van der Waals surface area contributed by atoms with Crippen molar-refractivity contribution in [3.05, 3.63) is 0 Å². The lowest BCUT2D eigenvalue weighted by atomic mass is 10.2. The molecule has 0 aliphatic heterocycles. The Balaban J connectivity index is 3.34. The molecule has 0 rings (SSSR count). The van der Waals surface area contributed by atoms with Crippen molar-refractivity contribution in [2.24, 2.45) is 0 Å². The summed E-state index contributed by atoms with van der Waals surface area (Å²) in [5, 5.41) is 11.3. The van der Waals surface area contributed by atoms with Crippen LogP contribution in [0.5, 0.6) is 0 Å². The smallest absolute Gasteiger partial charge is 0.222 e. The Hall–Kier alpha value is -0.570. The van der Waals surface area contributed by atoms with Crippen LogP contribution in [0.25, 0.3) is 0 Å². The monoisotopic (exact) mass is 131 g/mol. The van der Waals surface area contributed by atoms with Crippen LogP contribution in [0.2, 0.25) is 0 Å². The zero-order valence-electron chi connectivity index (χ0n) is 5.85. The van der Waals surface area contributed by atoms with Gasteiger partial charge in [0.05, 0.1) is 12.5 Å². The quantitative estimate of drug-likeness (QED) is 0.561. The van der Waals surface area contributed by atoms with Gasteiger partial charge in [-0.3, -0.25) is 4.79 Å². The zero-order valence-corrected chi connectivity index (χ0v) is 5.85. The van der Waals surface area contributed by atoms with E-state index in [0.29, 0.717) is 6.42 Å².